The van der Waals surface area contributed by atoms with Crippen molar-refractivity contribution in [2.45, 2.75) is 32.2 Å². The van der Waals surface area contributed by atoms with Crippen LogP contribution < -0.4 is 10.6 Å². The zero-order valence-corrected chi connectivity index (χ0v) is 16.9. The van der Waals surface area contributed by atoms with Gasteiger partial charge < -0.3 is 20.3 Å². The first-order chi connectivity index (χ1) is 13.5. The second-order valence-electron chi connectivity index (χ2n) is 8.21. The van der Waals surface area contributed by atoms with Gasteiger partial charge in [-0.3, -0.25) is 9.69 Å². The van der Waals surface area contributed by atoms with Crippen molar-refractivity contribution >= 4 is 17.6 Å². The van der Waals surface area contributed by atoms with E-state index in [2.05, 4.69) is 29.4 Å². The van der Waals surface area contributed by atoms with E-state index in [1.54, 1.807) is 4.90 Å². The van der Waals surface area contributed by atoms with Crippen molar-refractivity contribution in [1.82, 2.24) is 15.1 Å². The minimum absolute atomic E-state index is 0.0403. The molecule has 1 aromatic rings. The first-order valence-corrected chi connectivity index (χ1v) is 10.2. The van der Waals surface area contributed by atoms with Crippen LogP contribution in [0.1, 0.15) is 26.7 Å². The van der Waals surface area contributed by atoms with Crippen molar-refractivity contribution in [3.63, 3.8) is 0 Å². The van der Waals surface area contributed by atoms with Crippen LogP contribution in [0.3, 0.4) is 0 Å². The number of carbonyl (C=O) groups is 2. The summed E-state index contributed by atoms with van der Waals surface area (Å²) < 4.78 is 5.42. The van der Waals surface area contributed by atoms with E-state index in [4.69, 9.17) is 4.74 Å². The molecule has 0 spiro atoms. The molecule has 2 aliphatic heterocycles. The minimum atomic E-state index is -0.157. The van der Waals surface area contributed by atoms with Crippen molar-refractivity contribution in [3.8, 4) is 0 Å². The van der Waals surface area contributed by atoms with Gasteiger partial charge in [-0.1, -0.05) is 18.2 Å². The molecule has 7 heteroatoms. The molecule has 3 rings (SSSR count). The summed E-state index contributed by atoms with van der Waals surface area (Å²) in [5.74, 6) is -0.116. The van der Waals surface area contributed by atoms with E-state index in [-0.39, 0.29) is 23.4 Å². The molecule has 7 nitrogen and oxygen atoms in total. The zero-order valence-electron chi connectivity index (χ0n) is 16.9. The SMILES string of the molecule is CC(C)(CNC(=O)C1CCCN(C(=O)Nc2ccccc2)C1)N1CCOCC1. The predicted octanol–water partition coefficient (Wildman–Crippen LogP) is 2.16. The van der Waals surface area contributed by atoms with Gasteiger partial charge in [0, 0.05) is 44.0 Å². The molecule has 2 N–H and O–H groups in total. The molecule has 2 fully saturated rings. The van der Waals surface area contributed by atoms with Crippen LogP contribution in [-0.4, -0.2) is 73.2 Å². The molecule has 28 heavy (non-hydrogen) atoms. The number of likely N-dealkylation sites (tertiary alicyclic amines) is 1. The monoisotopic (exact) mass is 388 g/mol. The van der Waals surface area contributed by atoms with Crippen LogP contribution in [0.15, 0.2) is 30.3 Å². The van der Waals surface area contributed by atoms with Crippen molar-refractivity contribution in [1.29, 1.82) is 0 Å². The number of amides is 3. The Hall–Kier alpha value is -2.12. The quantitative estimate of drug-likeness (QED) is 0.811. The number of nitrogens with one attached hydrogen (secondary N) is 2. The Morgan fingerprint density at radius 3 is 2.57 bits per heavy atom. The van der Waals surface area contributed by atoms with Gasteiger partial charge in [0.15, 0.2) is 0 Å². The van der Waals surface area contributed by atoms with Crippen molar-refractivity contribution in [3.05, 3.63) is 30.3 Å². The summed E-state index contributed by atoms with van der Waals surface area (Å²) in [6.45, 7) is 9.30. The first kappa shape index (κ1) is 20.6. The van der Waals surface area contributed by atoms with Crippen molar-refractivity contribution < 1.29 is 14.3 Å². The van der Waals surface area contributed by atoms with Gasteiger partial charge in [0.1, 0.15) is 0 Å². The number of piperidine rings is 1. The topological polar surface area (TPSA) is 73.9 Å². The van der Waals surface area contributed by atoms with Crippen molar-refractivity contribution in [2.75, 3.05) is 51.3 Å². The van der Waals surface area contributed by atoms with Crippen LogP contribution in [0.5, 0.6) is 0 Å². The lowest BCUT2D eigenvalue weighted by Crippen LogP contribution is -2.56. The van der Waals surface area contributed by atoms with Gasteiger partial charge in [-0.05, 0) is 38.8 Å². The number of hydrogen-bond acceptors (Lipinski definition) is 4. The molecule has 2 aliphatic rings. The second kappa shape index (κ2) is 9.39. The smallest absolute Gasteiger partial charge is 0.321 e. The van der Waals surface area contributed by atoms with Gasteiger partial charge in [0.25, 0.3) is 0 Å². The van der Waals surface area contributed by atoms with E-state index < -0.39 is 0 Å². The average molecular weight is 389 g/mol. The molecule has 0 aliphatic carbocycles. The molecule has 1 unspecified atom stereocenters. The highest BCUT2D eigenvalue weighted by atomic mass is 16.5. The van der Waals surface area contributed by atoms with Gasteiger partial charge in [0.05, 0.1) is 19.1 Å². The number of benzene rings is 1. The summed E-state index contributed by atoms with van der Waals surface area (Å²) in [6.07, 6.45) is 1.66. The summed E-state index contributed by atoms with van der Waals surface area (Å²) in [6, 6.07) is 9.27. The van der Waals surface area contributed by atoms with Gasteiger partial charge in [-0.25, -0.2) is 4.79 Å². The molecule has 154 valence electrons. The molecule has 1 atom stereocenters. The third kappa shape index (κ3) is 5.45. The lowest BCUT2D eigenvalue weighted by molar-refractivity contribution is -0.127. The lowest BCUT2D eigenvalue weighted by atomic mass is 9.96. The third-order valence-electron chi connectivity index (χ3n) is 5.67. The number of hydrogen-bond donors (Lipinski definition) is 2. The highest BCUT2D eigenvalue weighted by Crippen LogP contribution is 2.19. The van der Waals surface area contributed by atoms with Crippen LogP contribution >= 0.6 is 0 Å². The number of para-hydroxylation sites is 1. The molecule has 0 aromatic heterocycles. The normalized spacial score (nSPS) is 21.2. The molecule has 0 radical (unpaired) electrons. The molecular weight excluding hydrogens is 356 g/mol. The largest absolute Gasteiger partial charge is 0.379 e. The third-order valence-corrected chi connectivity index (χ3v) is 5.67. The standard InChI is InChI=1S/C21H32N4O3/c1-21(2,25-11-13-28-14-12-25)16-22-19(26)17-7-6-10-24(15-17)20(27)23-18-8-4-3-5-9-18/h3-5,8-9,17H,6-7,10-16H2,1-2H3,(H,22,26)(H,23,27). The van der Waals surface area contributed by atoms with Crippen LogP contribution in [0, 0.1) is 5.92 Å². The van der Waals surface area contributed by atoms with Gasteiger partial charge in [-0.15, -0.1) is 0 Å². The lowest BCUT2D eigenvalue weighted by Gasteiger charge is -2.41. The van der Waals surface area contributed by atoms with E-state index in [0.717, 1.165) is 44.8 Å². The number of morpholine rings is 1. The summed E-state index contributed by atoms with van der Waals surface area (Å²) in [4.78, 5) is 29.4. The molecule has 1 aromatic carbocycles. The highest BCUT2D eigenvalue weighted by molar-refractivity contribution is 5.90. The fraction of sp³-hybridized carbons (Fsp3) is 0.619. The number of ether oxygens (including phenoxy) is 1. The van der Waals surface area contributed by atoms with E-state index in [1.165, 1.54) is 0 Å². The maximum absolute atomic E-state index is 12.7. The van der Waals surface area contributed by atoms with E-state index in [1.807, 2.05) is 30.3 Å². The fourth-order valence-electron chi connectivity index (χ4n) is 3.83. The van der Waals surface area contributed by atoms with E-state index >= 15 is 0 Å². The maximum Gasteiger partial charge on any atom is 0.321 e. The van der Waals surface area contributed by atoms with E-state index in [0.29, 0.717) is 19.6 Å². The van der Waals surface area contributed by atoms with Gasteiger partial charge in [0.2, 0.25) is 5.91 Å². The summed E-state index contributed by atoms with van der Waals surface area (Å²) in [5.41, 5.74) is 0.657. The Kier molecular flexibility index (Phi) is 6.91. The van der Waals surface area contributed by atoms with Crippen LogP contribution in [0.4, 0.5) is 10.5 Å². The Bertz CT molecular complexity index is 659. The molecule has 2 saturated heterocycles. The Morgan fingerprint density at radius 1 is 1.14 bits per heavy atom. The van der Waals surface area contributed by atoms with Crippen LogP contribution in [-0.2, 0) is 9.53 Å². The maximum atomic E-state index is 12.7. The van der Waals surface area contributed by atoms with Crippen molar-refractivity contribution in [2.24, 2.45) is 5.92 Å². The molecule has 0 saturated carbocycles. The highest BCUT2D eigenvalue weighted by Gasteiger charge is 2.32. The Balaban J connectivity index is 1.49. The Labute approximate surface area is 167 Å². The summed E-state index contributed by atoms with van der Waals surface area (Å²) in [5, 5.41) is 6.03. The number of urea groups is 1. The zero-order chi connectivity index (χ0) is 20.0. The predicted molar refractivity (Wildman–Crippen MR) is 109 cm³/mol. The van der Waals surface area contributed by atoms with Gasteiger partial charge in [-0.2, -0.15) is 0 Å². The number of anilines is 1. The van der Waals surface area contributed by atoms with Crippen LogP contribution in [0.2, 0.25) is 0 Å². The first-order valence-electron chi connectivity index (χ1n) is 10.2. The number of nitrogens with zero attached hydrogens (tertiary/aromatic N) is 2. The Morgan fingerprint density at radius 2 is 1.86 bits per heavy atom. The van der Waals surface area contributed by atoms with Crippen LogP contribution in [0.25, 0.3) is 0 Å². The molecular formula is C21H32N4O3. The minimum Gasteiger partial charge on any atom is -0.379 e. The number of carbonyl (C=O) groups excluding carboxylic acids is 2. The second-order valence-corrected chi connectivity index (χ2v) is 8.21. The fourth-order valence-corrected chi connectivity index (χ4v) is 3.83. The summed E-state index contributed by atoms with van der Waals surface area (Å²) >= 11 is 0. The molecule has 2 heterocycles. The molecule has 3 amide bonds. The van der Waals surface area contributed by atoms with E-state index in [9.17, 15) is 9.59 Å². The summed E-state index contributed by atoms with van der Waals surface area (Å²) in [7, 11) is 0. The average Bonchev–Trinajstić information content (AvgIpc) is 2.73. The van der Waals surface area contributed by atoms with Gasteiger partial charge >= 0.3 is 6.03 Å². The number of rotatable bonds is 5. The molecule has 0 bridgehead atoms.